The summed E-state index contributed by atoms with van der Waals surface area (Å²) in [5, 5.41) is 0.830. The van der Waals surface area contributed by atoms with Gasteiger partial charge in [0.05, 0.1) is 11.1 Å². The number of rotatable bonds is 4. The lowest BCUT2D eigenvalue weighted by Gasteiger charge is -2.10. The molecule has 0 atom stereocenters. The van der Waals surface area contributed by atoms with Gasteiger partial charge in [-0.2, -0.15) is 0 Å². The van der Waals surface area contributed by atoms with Crippen LogP contribution in [0.4, 0.5) is 0 Å². The fourth-order valence-corrected chi connectivity index (χ4v) is 2.93. The van der Waals surface area contributed by atoms with E-state index in [0.29, 0.717) is 22.2 Å². The quantitative estimate of drug-likeness (QED) is 0.507. The van der Waals surface area contributed by atoms with Gasteiger partial charge in [-0.05, 0) is 12.1 Å². The van der Waals surface area contributed by atoms with E-state index < -0.39 is 0 Å². The highest BCUT2D eigenvalue weighted by molar-refractivity contribution is 6.19. The molecule has 3 heteroatoms. The predicted molar refractivity (Wildman–Crippen MR) is 101 cm³/mol. The van der Waals surface area contributed by atoms with Crippen molar-refractivity contribution in [1.82, 2.24) is 4.98 Å². The number of carbonyl (C=O) groups is 2. The van der Waals surface area contributed by atoms with Gasteiger partial charge in [-0.25, -0.2) is 4.98 Å². The Kier molecular flexibility index (Phi) is 4.12. The van der Waals surface area contributed by atoms with Crippen molar-refractivity contribution in [2.75, 3.05) is 0 Å². The summed E-state index contributed by atoms with van der Waals surface area (Å²) < 4.78 is 0. The molecule has 0 fully saturated rings. The van der Waals surface area contributed by atoms with E-state index in [0.717, 1.165) is 5.39 Å². The maximum absolute atomic E-state index is 13.1. The molecule has 3 aromatic carbocycles. The van der Waals surface area contributed by atoms with E-state index in [2.05, 4.69) is 4.98 Å². The average molecular weight is 337 g/mol. The van der Waals surface area contributed by atoms with Crippen LogP contribution in [0.3, 0.4) is 0 Å². The van der Waals surface area contributed by atoms with Crippen molar-refractivity contribution in [1.29, 1.82) is 0 Å². The molecule has 0 bridgehead atoms. The third kappa shape index (κ3) is 2.91. The number of hydrogen-bond acceptors (Lipinski definition) is 3. The minimum absolute atomic E-state index is 0.184. The zero-order chi connectivity index (χ0) is 17.9. The van der Waals surface area contributed by atoms with Crippen LogP contribution in [0.25, 0.3) is 10.9 Å². The Labute approximate surface area is 150 Å². The Hall–Kier alpha value is -3.59. The third-order valence-corrected chi connectivity index (χ3v) is 4.26. The van der Waals surface area contributed by atoms with Crippen LogP contribution in [0.1, 0.15) is 32.0 Å². The minimum Gasteiger partial charge on any atom is -0.289 e. The van der Waals surface area contributed by atoms with Gasteiger partial charge in [0.2, 0.25) is 5.78 Å². The molecule has 4 aromatic rings. The molecule has 0 unspecified atom stereocenters. The monoisotopic (exact) mass is 337 g/mol. The van der Waals surface area contributed by atoms with Crippen molar-refractivity contribution >= 4 is 22.5 Å². The van der Waals surface area contributed by atoms with Crippen LogP contribution in [-0.2, 0) is 0 Å². The molecule has 0 amide bonds. The number of benzene rings is 3. The number of ketones is 2. The van der Waals surface area contributed by atoms with Crippen molar-refractivity contribution in [2.24, 2.45) is 0 Å². The Morgan fingerprint density at radius 3 is 1.81 bits per heavy atom. The predicted octanol–water partition coefficient (Wildman–Crippen LogP) is 4.70. The molecule has 3 nitrogen and oxygen atoms in total. The van der Waals surface area contributed by atoms with E-state index in [9.17, 15) is 9.59 Å². The second kappa shape index (κ2) is 6.73. The second-order valence-electron chi connectivity index (χ2n) is 5.97. The number of hydrogen-bond donors (Lipinski definition) is 0. The minimum atomic E-state index is -0.254. The maximum Gasteiger partial charge on any atom is 0.212 e. The van der Waals surface area contributed by atoms with Gasteiger partial charge in [0.15, 0.2) is 5.78 Å². The molecular weight excluding hydrogens is 322 g/mol. The molecule has 0 aliphatic heterocycles. The van der Waals surface area contributed by atoms with Gasteiger partial charge in [0.25, 0.3) is 0 Å². The van der Waals surface area contributed by atoms with Crippen molar-refractivity contribution < 1.29 is 9.59 Å². The van der Waals surface area contributed by atoms with E-state index >= 15 is 0 Å². The molecule has 0 saturated carbocycles. The number of aromatic nitrogens is 1. The van der Waals surface area contributed by atoms with E-state index in [1.807, 2.05) is 36.4 Å². The number of carbonyl (C=O) groups excluding carboxylic acids is 2. The van der Waals surface area contributed by atoms with Gasteiger partial charge in [-0.15, -0.1) is 0 Å². The first kappa shape index (κ1) is 15.9. The molecule has 4 rings (SSSR count). The van der Waals surface area contributed by atoms with Crippen LogP contribution in [0.5, 0.6) is 0 Å². The Balaban J connectivity index is 1.92. The van der Waals surface area contributed by atoms with E-state index in [1.54, 1.807) is 54.6 Å². The van der Waals surface area contributed by atoms with Crippen molar-refractivity contribution in [3.63, 3.8) is 0 Å². The topological polar surface area (TPSA) is 47.0 Å². The Morgan fingerprint density at radius 2 is 1.15 bits per heavy atom. The number of para-hydroxylation sites is 1. The van der Waals surface area contributed by atoms with Crippen molar-refractivity contribution in [2.45, 2.75) is 0 Å². The summed E-state index contributed by atoms with van der Waals surface area (Å²) in [5.74, 6) is -0.459. The summed E-state index contributed by atoms with van der Waals surface area (Å²) in [5.41, 5.74) is 2.24. The molecule has 0 saturated heterocycles. The van der Waals surface area contributed by atoms with Crippen molar-refractivity contribution in [3.05, 3.63) is 113 Å². The standard InChI is InChI=1S/C23H15NO2/c25-22(16-9-3-1-4-10-16)19-15-18-13-7-8-14-20(18)24-21(19)23(26)17-11-5-2-6-12-17/h1-15H. The van der Waals surface area contributed by atoms with Gasteiger partial charge in [0.1, 0.15) is 5.69 Å². The number of fused-ring (bicyclic) bond motifs is 1. The van der Waals surface area contributed by atoms with Gasteiger partial charge in [-0.3, -0.25) is 9.59 Å². The van der Waals surface area contributed by atoms with Crippen LogP contribution >= 0.6 is 0 Å². The van der Waals surface area contributed by atoms with E-state index in [4.69, 9.17) is 0 Å². The zero-order valence-electron chi connectivity index (χ0n) is 13.9. The normalized spacial score (nSPS) is 10.6. The summed E-state index contributed by atoms with van der Waals surface area (Å²) >= 11 is 0. The highest BCUT2D eigenvalue weighted by atomic mass is 16.1. The third-order valence-electron chi connectivity index (χ3n) is 4.26. The SMILES string of the molecule is O=C(c1ccccc1)c1cc2ccccc2nc1C(=O)c1ccccc1. The largest absolute Gasteiger partial charge is 0.289 e. The van der Waals surface area contributed by atoms with Gasteiger partial charge >= 0.3 is 0 Å². The summed E-state index contributed by atoms with van der Waals surface area (Å²) in [7, 11) is 0. The summed E-state index contributed by atoms with van der Waals surface area (Å²) in [6.45, 7) is 0. The summed E-state index contributed by atoms with van der Waals surface area (Å²) in [6.07, 6.45) is 0. The summed E-state index contributed by atoms with van der Waals surface area (Å²) in [6, 6.07) is 27.1. The van der Waals surface area contributed by atoms with E-state index in [-0.39, 0.29) is 17.3 Å². The van der Waals surface area contributed by atoms with Crippen LogP contribution in [0.15, 0.2) is 91.0 Å². The zero-order valence-corrected chi connectivity index (χ0v) is 13.9. The number of nitrogens with zero attached hydrogens (tertiary/aromatic N) is 1. The highest BCUT2D eigenvalue weighted by Gasteiger charge is 2.22. The average Bonchev–Trinajstić information content (AvgIpc) is 2.73. The lowest BCUT2D eigenvalue weighted by atomic mass is 9.96. The molecule has 1 heterocycles. The first-order valence-corrected chi connectivity index (χ1v) is 8.33. The smallest absolute Gasteiger partial charge is 0.212 e. The molecule has 1 aromatic heterocycles. The molecule has 0 radical (unpaired) electrons. The molecule has 124 valence electrons. The lowest BCUT2D eigenvalue weighted by molar-refractivity contribution is 0.1000. The van der Waals surface area contributed by atoms with Crippen LogP contribution in [0.2, 0.25) is 0 Å². The molecule has 0 N–H and O–H groups in total. The van der Waals surface area contributed by atoms with Gasteiger partial charge in [0, 0.05) is 16.5 Å². The first-order chi connectivity index (χ1) is 12.7. The van der Waals surface area contributed by atoms with Gasteiger partial charge in [-0.1, -0.05) is 78.9 Å². The molecule has 0 aliphatic carbocycles. The lowest BCUT2D eigenvalue weighted by Crippen LogP contribution is -2.13. The van der Waals surface area contributed by atoms with E-state index in [1.165, 1.54) is 0 Å². The molecular formula is C23H15NO2. The molecule has 0 aliphatic rings. The Morgan fingerprint density at radius 1 is 0.615 bits per heavy atom. The molecule has 26 heavy (non-hydrogen) atoms. The first-order valence-electron chi connectivity index (χ1n) is 8.33. The van der Waals surface area contributed by atoms with Crippen molar-refractivity contribution in [3.8, 4) is 0 Å². The second-order valence-corrected chi connectivity index (χ2v) is 5.97. The maximum atomic E-state index is 13.1. The van der Waals surface area contributed by atoms with Crippen LogP contribution in [0, 0.1) is 0 Å². The summed E-state index contributed by atoms with van der Waals surface area (Å²) in [4.78, 5) is 30.6. The fourth-order valence-electron chi connectivity index (χ4n) is 2.93. The van der Waals surface area contributed by atoms with Crippen LogP contribution < -0.4 is 0 Å². The highest BCUT2D eigenvalue weighted by Crippen LogP contribution is 2.22. The fraction of sp³-hybridized carbons (Fsp3) is 0. The Bertz CT molecular complexity index is 1010. The van der Waals surface area contributed by atoms with Gasteiger partial charge < -0.3 is 0 Å². The van der Waals surface area contributed by atoms with Crippen LogP contribution in [-0.4, -0.2) is 16.6 Å². The number of pyridine rings is 1. The molecule has 0 spiro atoms.